The lowest BCUT2D eigenvalue weighted by molar-refractivity contribution is 1.20. The van der Waals surface area contributed by atoms with E-state index in [-0.39, 0.29) is 0 Å². The minimum absolute atomic E-state index is 0.793. The van der Waals surface area contributed by atoms with Crippen LogP contribution in [0.3, 0.4) is 0 Å². The predicted octanol–water partition coefficient (Wildman–Crippen LogP) is 2.05. The highest BCUT2D eigenvalue weighted by Gasteiger charge is 2.02. The van der Waals surface area contributed by atoms with E-state index in [1.807, 2.05) is 26.1 Å². The van der Waals surface area contributed by atoms with Gasteiger partial charge in [0.2, 0.25) is 0 Å². The van der Waals surface area contributed by atoms with Gasteiger partial charge in [-0.25, -0.2) is 0 Å². The molecule has 0 unspecified atom stereocenters. The number of nitrogen functional groups attached to an aromatic ring is 1. The molecule has 0 aliphatic carbocycles. The van der Waals surface area contributed by atoms with Crippen molar-refractivity contribution in [2.75, 3.05) is 30.0 Å². The molecule has 1 rings (SSSR count). The Balaban J connectivity index is 3.06. The topological polar surface area (TPSA) is 50.1 Å². The van der Waals surface area contributed by atoms with Crippen molar-refractivity contribution in [3.63, 3.8) is 0 Å². The Bertz CT molecular complexity index is 294. The van der Waals surface area contributed by atoms with Crippen LogP contribution in [0.2, 0.25) is 0 Å². The molecule has 0 saturated heterocycles. The SMILES string of the molecule is CCNc1cc(NC)c(N)cc1C. The second kappa shape index (κ2) is 4.03. The summed E-state index contributed by atoms with van der Waals surface area (Å²) in [5, 5.41) is 6.34. The average molecular weight is 179 g/mol. The number of nitrogens with two attached hydrogens (primary N) is 1. The number of anilines is 3. The summed E-state index contributed by atoms with van der Waals surface area (Å²) in [6.07, 6.45) is 0. The first-order valence-corrected chi connectivity index (χ1v) is 4.50. The van der Waals surface area contributed by atoms with Gasteiger partial charge in [-0.1, -0.05) is 0 Å². The van der Waals surface area contributed by atoms with Gasteiger partial charge >= 0.3 is 0 Å². The summed E-state index contributed by atoms with van der Waals surface area (Å²) in [5.41, 5.74) is 9.89. The monoisotopic (exact) mass is 179 g/mol. The molecule has 0 aliphatic rings. The highest BCUT2D eigenvalue weighted by Crippen LogP contribution is 2.26. The molecule has 3 heteroatoms. The minimum atomic E-state index is 0.793. The Morgan fingerprint density at radius 1 is 1.31 bits per heavy atom. The van der Waals surface area contributed by atoms with Crippen LogP contribution >= 0.6 is 0 Å². The van der Waals surface area contributed by atoms with E-state index in [0.29, 0.717) is 0 Å². The van der Waals surface area contributed by atoms with Gasteiger partial charge < -0.3 is 16.4 Å². The van der Waals surface area contributed by atoms with Gasteiger partial charge in [0.1, 0.15) is 0 Å². The van der Waals surface area contributed by atoms with Crippen molar-refractivity contribution in [1.82, 2.24) is 0 Å². The van der Waals surface area contributed by atoms with Gasteiger partial charge in [-0.2, -0.15) is 0 Å². The first-order chi connectivity index (χ1) is 6.19. The number of rotatable bonds is 3. The average Bonchev–Trinajstić information content (AvgIpc) is 2.10. The maximum atomic E-state index is 5.81. The highest BCUT2D eigenvalue weighted by molar-refractivity contribution is 5.74. The molecule has 4 N–H and O–H groups in total. The normalized spacial score (nSPS) is 9.77. The third kappa shape index (κ3) is 2.05. The predicted molar refractivity (Wildman–Crippen MR) is 59.3 cm³/mol. The Morgan fingerprint density at radius 3 is 2.54 bits per heavy atom. The van der Waals surface area contributed by atoms with Crippen LogP contribution in [0.4, 0.5) is 17.1 Å². The van der Waals surface area contributed by atoms with Crippen LogP contribution in [-0.4, -0.2) is 13.6 Å². The van der Waals surface area contributed by atoms with Crippen LogP contribution in [-0.2, 0) is 0 Å². The van der Waals surface area contributed by atoms with Crippen molar-refractivity contribution in [3.05, 3.63) is 17.7 Å². The molecule has 0 aromatic heterocycles. The molecule has 3 nitrogen and oxygen atoms in total. The van der Waals surface area contributed by atoms with Crippen molar-refractivity contribution in [1.29, 1.82) is 0 Å². The molecule has 0 saturated carbocycles. The molecule has 1 aromatic rings. The van der Waals surface area contributed by atoms with Gasteiger partial charge in [-0.15, -0.1) is 0 Å². The van der Waals surface area contributed by atoms with E-state index in [1.165, 1.54) is 5.56 Å². The Hall–Kier alpha value is -1.38. The summed E-state index contributed by atoms with van der Waals surface area (Å²) in [4.78, 5) is 0. The first-order valence-electron chi connectivity index (χ1n) is 4.50. The van der Waals surface area contributed by atoms with E-state index < -0.39 is 0 Å². The van der Waals surface area contributed by atoms with Crippen LogP contribution in [0.5, 0.6) is 0 Å². The van der Waals surface area contributed by atoms with E-state index in [9.17, 15) is 0 Å². The molecule has 0 atom stereocenters. The van der Waals surface area contributed by atoms with Crippen molar-refractivity contribution in [2.45, 2.75) is 13.8 Å². The number of hydrogen-bond donors (Lipinski definition) is 3. The standard InChI is InChI=1S/C10H17N3/c1-4-13-9-6-10(12-3)8(11)5-7(9)2/h5-6,12-13H,4,11H2,1-3H3. The van der Waals surface area contributed by atoms with Crippen LogP contribution in [0.15, 0.2) is 12.1 Å². The zero-order valence-corrected chi connectivity index (χ0v) is 8.44. The molecule has 0 bridgehead atoms. The van der Waals surface area contributed by atoms with Crippen molar-refractivity contribution >= 4 is 17.1 Å². The number of benzene rings is 1. The van der Waals surface area contributed by atoms with Gasteiger partial charge in [-0.3, -0.25) is 0 Å². The minimum Gasteiger partial charge on any atom is -0.397 e. The zero-order chi connectivity index (χ0) is 9.84. The number of nitrogens with one attached hydrogen (secondary N) is 2. The maximum Gasteiger partial charge on any atom is 0.0592 e. The second-order valence-corrected chi connectivity index (χ2v) is 3.03. The van der Waals surface area contributed by atoms with Crippen molar-refractivity contribution < 1.29 is 0 Å². The molecule has 0 radical (unpaired) electrons. The van der Waals surface area contributed by atoms with Gasteiger partial charge in [-0.05, 0) is 31.5 Å². The summed E-state index contributed by atoms with van der Waals surface area (Å²) in [6.45, 7) is 5.05. The smallest absolute Gasteiger partial charge is 0.0592 e. The van der Waals surface area contributed by atoms with E-state index in [2.05, 4.69) is 17.6 Å². The Morgan fingerprint density at radius 2 is 2.00 bits per heavy atom. The second-order valence-electron chi connectivity index (χ2n) is 3.03. The molecule has 0 amide bonds. The summed E-state index contributed by atoms with van der Waals surface area (Å²) >= 11 is 0. The van der Waals surface area contributed by atoms with Crippen LogP contribution < -0.4 is 16.4 Å². The van der Waals surface area contributed by atoms with Gasteiger partial charge in [0, 0.05) is 19.3 Å². The molecular formula is C10H17N3. The molecule has 0 fully saturated rings. The molecular weight excluding hydrogens is 162 g/mol. The lowest BCUT2D eigenvalue weighted by atomic mass is 10.1. The number of aryl methyl sites for hydroxylation is 1. The summed E-state index contributed by atoms with van der Waals surface area (Å²) in [7, 11) is 1.87. The van der Waals surface area contributed by atoms with E-state index in [1.54, 1.807) is 0 Å². The molecule has 0 aliphatic heterocycles. The third-order valence-corrected chi connectivity index (χ3v) is 2.03. The number of hydrogen-bond acceptors (Lipinski definition) is 3. The fraction of sp³-hybridized carbons (Fsp3) is 0.400. The van der Waals surface area contributed by atoms with Gasteiger partial charge in [0.05, 0.1) is 11.4 Å². The van der Waals surface area contributed by atoms with E-state index in [4.69, 9.17) is 5.73 Å². The summed E-state index contributed by atoms with van der Waals surface area (Å²) in [5.74, 6) is 0. The molecule has 72 valence electrons. The maximum absolute atomic E-state index is 5.81. The Labute approximate surface area is 79.3 Å². The van der Waals surface area contributed by atoms with Crippen molar-refractivity contribution in [3.8, 4) is 0 Å². The Kier molecular flexibility index (Phi) is 3.01. The lowest BCUT2D eigenvalue weighted by Crippen LogP contribution is -2.02. The molecule has 13 heavy (non-hydrogen) atoms. The fourth-order valence-electron chi connectivity index (χ4n) is 1.33. The molecule has 0 heterocycles. The zero-order valence-electron chi connectivity index (χ0n) is 8.44. The van der Waals surface area contributed by atoms with Crippen molar-refractivity contribution in [2.24, 2.45) is 0 Å². The van der Waals surface area contributed by atoms with Gasteiger partial charge in [0.25, 0.3) is 0 Å². The lowest BCUT2D eigenvalue weighted by Gasteiger charge is -2.12. The van der Waals surface area contributed by atoms with E-state index in [0.717, 1.165) is 23.6 Å². The van der Waals surface area contributed by atoms with E-state index >= 15 is 0 Å². The van der Waals surface area contributed by atoms with Crippen LogP contribution in [0.25, 0.3) is 0 Å². The first kappa shape index (κ1) is 9.71. The van der Waals surface area contributed by atoms with Gasteiger partial charge in [0.15, 0.2) is 0 Å². The molecule has 0 spiro atoms. The molecule has 1 aromatic carbocycles. The summed E-state index contributed by atoms with van der Waals surface area (Å²) in [6, 6.07) is 4.01. The van der Waals surface area contributed by atoms with Crippen LogP contribution in [0, 0.1) is 6.92 Å². The quantitative estimate of drug-likeness (QED) is 0.622. The van der Waals surface area contributed by atoms with Crippen LogP contribution in [0.1, 0.15) is 12.5 Å². The summed E-state index contributed by atoms with van der Waals surface area (Å²) < 4.78 is 0. The largest absolute Gasteiger partial charge is 0.397 e. The third-order valence-electron chi connectivity index (χ3n) is 2.03. The fourth-order valence-corrected chi connectivity index (χ4v) is 1.33. The highest BCUT2D eigenvalue weighted by atomic mass is 14.9.